The third-order valence-electron chi connectivity index (χ3n) is 2.75. The second kappa shape index (κ2) is 6.41. The molecule has 7 nitrogen and oxygen atoms in total. The predicted molar refractivity (Wildman–Crippen MR) is 82.7 cm³/mol. The van der Waals surface area contributed by atoms with E-state index in [1.165, 1.54) is 25.3 Å². The molecule has 0 radical (unpaired) electrons. The largest absolute Gasteiger partial charge is 0.504 e. The molecule has 22 heavy (non-hydrogen) atoms. The van der Waals surface area contributed by atoms with Crippen molar-refractivity contribution in [3.8, 4) is 11.5 Å². The zero-order chi connectivity index (χ0) is 16.4. The molecule has 2 amide bonds. The van der Waals surface area contributed by atoms with E-state index in [0.29, 0.717) is 26.7 Å². The number of phenolic OH excluding ortho intramolecular Hbond substituents is 1. The first kappa shape index (κ1) is 16.4. The Morgan fingerprint density at radius 1 is 1.45 bits per heavy atom. The van der Waals surface area contributed by atoms with E-state index in [2.05, 4.69) is 15.9 Å². The van der Waals surface area contributed by atoms with Crippen LogP contribution in [0.15, 0.2) is 21.5 Å². The number of phenols is 1. The number of thioether (sulfide) groups is 1. The van der Waals surface area contributed by atoms with Gasteiger partial charge in [-0.25, -0.2) is 0 Å². The van der Waals surface area contributed by atoms with Crippen LogP contribution in [-0.4, -0.2) is 45.9 Å². The van der Waals surface area contributed by atoms with E-state index in [4.69, 9.17) is 9.84 Å². The van der Waals surface area contributed by atoms with Gasteiger partial charge in [-0.05, 0) is 35.5 Å². The number of imide groups is 1. The van der Waals surface area contributed by atoms with Crippen LogP contribution in [0.5, 0.6) is 11.5 Å². The Bertz CT molecular complexity index is 702. The highest BCUT2D eigenvalue weighted by molar-refractivity contribution is 9.10. The van der Waals surface area contributed by atoms with Crippen molar-refractivity contribution >= 4 is 50.9 Å². The highest BCUT2D eigenvalue weighted by Crippen LogP contribution is 2.37. The Balaban J connectivity index is 2.36. The second-order valence-corrected chi connectivity index (χ2v) is 6.05. The number of aliphatic carboxylic acids is 1. The van der Waals surface area contributed by atoms with Crippen molar-refractivity contribution in [2.24, 2.45) is 0 Å². The minimum absolute atomic E-state index is 0.0782. The molecule has 1 aromatic rings. The average Bonchev–Trinajstić information content (AvgIpc) is 2.69. The Morgan fingerprint density at radius 3 is 2.73 bits per heavy atom. The van der Waals surface area contributed by atoms with Crippen LogP contribution in [0.2, 0.25) is 0 Å². The zero-order valence-corrected chi connectivity index (χ0v) is 13.6. The lowest BCUT2D eigenvalue weighted by molar-refractivity contribution is -0.140. The van der Waals surface area contributed by atoms with Crippen molar-refractivity contribution in [1.82, 2.24) is 4.90 Å². The molecule has 0 spiro atoms. The number of carbonyl (C=O) groups is 3. The number of rotatable bonds is 4. The van der Waals surface area contributed by atoms with E-state index in [1.54, 1.807) is 0 Å². The van der Waals surface area contributed by atoms with Crippen LogP contribution in [0.4, 0.5) is 4.79 Å². The van der Waals surface area contributed by atoms with E-state index >= 15 is 0 Å². The summed E-state index contributed by atoms with van der Waals surface area (Å²) in [5.74, 6) is -1.81. The van der Waals surface area contributed by atoms with Gasteiger partial charge in [0.1, 0.15) is 6.54 Å². The number of ether oxygens (including phenoxy) is 1. The van der Waals surface area contributed by atoms with Gasteiger partial charge in [-0.1, -0.05) is 15.9 Å². The number of methoxy groups -OCH3 is 1. The van der Waals surface area contributed by atoms with Gasteiger partial charge in [-0.15, -0.1) is 0 Å². The van der Waals surface area contributed by atoms with E-state index in [-0.39, 0.29) is 16.4 Å². The number of hydrogen-bond donors (Lipinski definition) is 2. The second-order valence-electron chi connectivity index (χ2n) is 4.21. The van der Waals surface area contributed by atoms with Gasteiger partial charge in [-0.2, -0.15) is 0 Å². The summed E-state index contributed by atoms with van der Waals surface area (Å²) in [7, 11) is 1.38. The highest BCUT2D eigenvalue weighted by Gasteiger charge is 2.36. The molecule has 1 fully saturated rings. The maximum Gasteiger partial charge on any atom is 0.323 e. The molecule has 0 bridgehead atoms. The number of carbonyl (C=O) groups excluding carboxylic acids is 2. The summed E-state index contributed by atoms with van der Waals surface area (Å²) < 4.78 is 5.48. The summed E-state index contributed by atoms with van der Waals surface area (Å²) in [6.07, 6.45) is 1.43. The normalized spacial score (nSPS) is 16.5. The number of benzene rings is 1. The number of carboxylic acid groups (broad SMARTS) is 1. The van der Waals surface area contributed by atoms with Crippen LogP contribution in [0.1, 0.15) is 5.56 Å². The molecule has 0 aliphatic carbocycles. The first-order chi connectivity index (χ1) is 10.3. The Labute approximate surface area is 137 Å². The molecule has 0 aromatic heterocycles. The zero-order valence-electron chi connectivity index (χ0n) is 11.2. The van der Waals surface area contributed by atoms with E-state index in [0.717, 1.165) is 0 Å². The number of amides is 2. The first-order valence-electron chi connectivity index (χ1n) is 5.87. The van der Waals surface area contributed by atoms with Crippen molar-refractivity contribution in [3.05, 3.63) is 27.1 Å². The van der Waals surface area contributed by atoms with Gasteiger partial charge in [0.15, 0.2) is 11.5 Å². The molecule has 1 aromatic carbocycles. The van der Waals surface area contributed by atoms with Gasteiger partial charge in [0.05, 0.1) is 12.0 Å². The van der Waals surface area contributed by atoms with Crippen molar-refractivity contribution in [2.45, 2.75) is 0 Å². The molecule has 0 unspecified atom stereocenters. The summed E-state index contributed by atoms with van der Waals surface area (Å²) in [4.78, 5) is 35.1. The van der Waals surface area contributed by atoms with Crippen molar-refractivity contribution in [2.75, 3.05) is 13.7 Å². The number of aromatic hydroxyl groups is 1. The fourth-order valence-electron chi connectivity index (χ4n) is 1.75. The first-order valence-corrected chi connectivity index (χ1v) is 7.48. The Hall–Kier alpha value is -2.00. The van der Waals surface area contributed by atoms with Crippen LogP contribution in [0, 0.1) is 0 Å². The van der Waals surface area contributed by atoms with Gasteiger partial charge in [0.25, 0.3) is 11.1 Å². The van der Waals surface area contributed by atoms with Gasteiger partial charge >= 0.3 is 5.97 Å². The fourth-order valence-corrected chi connectivity index (χ4v) is 3.02. The predicted octanol–water partition coefficient (Wildman–Crippen LogP) is 2.28. The summed E-state index contributed by atoms with van der Waals surface area (Å²) in [6, 6.07) is 2.89. The van der Waals surface area contributed by atoms with Crippen molar-refractivity contribution in [3.63, 3.8) is 0 Å². The topological polar surface area (TPSA) is 104 Å². The molecule has 1 aliphatic heterocycles. The number of hydrogen-bond acceptors (Lipinski definition) is 6. The minimum Gasteiger partial charge on any atom is -0.504 e. The smallest absolute Gasteiger partial charge is 0.323 e. The highest BCUT2D eigenvalue weighted by atomic mass is 79.9. The van der Waals surface area contributed by atoms with Gasteiger partial charge in [-0.3, -0.25) is 19.3 Å². The molecule has 2 N–H and O–H groups in total. The molecular weight excluding hydrogens is 378 g/mol. The quantitative estimate of drug-likeness (QED) is 0.763. The molecule has 0 atom stereocenters. The molecule has 2 rings (SSSR count). The van der Waals surface area contributed by atoms with Crippen LogP contribution in [0.3, 0.4) is 0 Å². The lowest BCUT2D eigenvalue weighted by Gasteiger charge is -2.08. The van der Waals surface area contributed by atoms with E-state index in [1.807, 2.05) is 0 Å². The summed E-state index contributed by atoms with van der Waals surface area (Å²) >= 11 is 3.89. The van der Waals surface area contributed by atoms with Gasteiger partial charge < -0.3 is 14.9 Å². The van der Waals surface area contributed by atoms with Crippen LogP contribution in [0.25, 0.3) is 6.08 Å². The summed E-state index contributed by atoms with van der Waals surface area (Å²) in [5.41, 5.74) is 0.510. The molecule has 9 heteroatoms. The number of nitrogens with zero attached hydrogens (tertiary/aromatic N) is 1. The molecule has 1 saturated heterocycles. The summed E-state index contributed by atoms with van der Waals surface area (Å²) in [5, 5.41) is 17.7. The lowest BCUT2D eigenvalue weighted by atomic mass is 10.2. The number of halogens is 1. The fraction of sp³-hybridized carbons (Fsp3) is 0.154. The summed E-state index contributed by atoms with van der Waals surface area (Å²) in [6.45, 7) is -0.678. The maximum absolute atomic E-state index is 12.0. The number of carboxylic acids is 1. The Kier molecular flexibility index (Phi) is 4.77. The van der Waals surface area contributed by atoms with Gasteiger partial charge in [0, 0.05) is 4.47 Å². The van der Waals surface area contributed by atoms with Crippen molar-refractivity contribution < 1.29 is 29.3 Å². The van der Waals surface area contributed by atoms with Crippen LogP contribution in [-0.2, 0) is 9.59 Å². The third kappa shape index (κ3) is 3.25. The van der Waals surface area contributed by atoms with E-state index in [9.17, 15) is 19.5 Å². The SMILES string of the molecule is COc1cc(/C=C2/SC(=O)N(CC(=O)O)C2=O)c(Br)cc1O. The average molecular weight is 388 g/mol. The molecule has 1 heterocycles. The molecule has 116 valence electrons. The standard InChI is InChI=1S/C13H10BrNO6S/c1-21-9-2-6(7(14)4-8(9)16)3-10-12(19)15(5-11(17)18)13(20)22-10/h2-4,16H,5H2,1H3,(H,17,18)/b10-3+. The Morgan fingerprint density at radius 2 is 2.14 bits per heavy atom. The monoisotopic (exact) mass is 387 g/mol. The van der Waals surface area contributed by atoms with Crippen LogP contribution >= 0.6 is 27.7 Å². The third-order valence-corrected chi connectivity index (χ3v) is 4.35. The lowest BCUT2D eigenvalue weighted by Crippen LogP contribution is -2.33. The minimum atomic E-state index is -1.27. The molecular formula is C13H10BrNO6S. The molecule has 0 saturated carbocycles. The van der Waals surface area contributed by atoms with Crippen LogP contribution < -0.4 is 4.74 Å². The van der Waals surface area contributed by atoms with Crippen molar-refractivity contribution in [1.29, 1.82) is 0 Å². The van der Waals surface area contributed by atoms with E-state index < -0.39 is 23.7 Å². The van der Waals surface area contributed by atoms with Gasteiger partial charge in [0.2, 0.25) is 0 Å². The maximum atomic E-state index is 12.0. The molecule has 1 aliphatic rings.